The van der Waals surface area contributed by atoms with Gasteiger partial charge in [-0.15, -0.1) is 0 Å². The third kappa shape index (κ3) is 3.56. The zero-order valence-electron chi connectivity index (χ0n) is 11.0. The van der Waals surface area contributed by atoms with Crippen LogP contribution < -0.4 is 0 Å². The molecule has 1 amide bonds. The van der Waals surface area contributed by atoms with E-state index in [-0.39, 0.29) is 11.9 Å². The lowest BCUT2D eigenvalue weighted by Crippen LogP contribution is -2.35. The van der Waals surface area contributed by atoms with E-state index in [1.54, 1.807) is 0 Å². The lowest BCUT2D eigenvalue weighted by atomic mass is 10.1. The van der Waals surface area contributed by atoms with Crippen LogP contribution in [0.3, 0.4) is 0 Å². The molecule has 0 aliphatic carbocycles. The van der Waals surface area contributed by atoms with E-state index in [0.29, 0.717) is 0 Å². The predicted molar refractivity (Wildman–Crippen MR) is 75.3 cm³/mol. The number of nitrogens with zero attached hydrogens (tertiary/aromatic N) is 1. The second-order valence-electron chi connectivity index (χ2n) is 4.54. The summed E-state index contributed by atoms with van der Waals surface area (Å²) in [7, 11) is 1.87. The normalized spacial score (nSPS) is 12.3. The van der Waals surface area contributed by atoms with Gasteiger partial charge in [-0.1, -0.05) is 19.4 Å². The Morgan fingerprint density at radius 2 is 2.12 bits per heavy atom. The van der Waals surface area contributed by atoms with Crippen molar-refractivity contribution in [3.05, 3.63) is 33.8 Å². The molecule has 0 bridgehead atoms. The topological polar surface area (TPSA) is 20.3 Å². The number of hydrogen-bond donors (Lipinski definition) is 0. The summed E-state index contributed by atoms with van der Waals surface area (Å²) in [6.07, 6.45) is 2.12. The summed E-state index contributed by atoms with van der Waals surface area (Å²) in [6, 6.07) is 6.11. The van der Waals surface area contributed by atoms with Crippen molar-refractivity contribution in [2.75, 3.05) is 7.05 Å². The molecule has 0 saturated carbocycles. The maximum atomic E-state index is 12.3. The molecule has 0 aromatic heterocycles. The van der Waals surface area contributed by atoms with Gasteiger partial charge in [0.2, 0.25) is 0 Å². The van der Waals surface area contributed by atoms with Crippen molar-refractivity contribution >= 4 is 21.8 Å². The van der Waals surface area contributed by atoms with Crippen molar-refractivity contribution in [3.63, 3.8) is 0 Å². The lowest BCUT2D eigenvalue weighted by molar-refractivity contribution is 0.0736. The zero-order valence-corrected chi connectivity index (χ0v) is 12.5. The van der Waals surface area contributed by atoms with Crippen LogP contribution in [-0.4, -0.2) is 23.9 Å². The molecule has 0 heterocycles. The molecule has 0 radical (unpaired) electrons. The molecule has 2 nitrogen and oxygen atoms in total. The Balaban J connectivity index is 2.88. The molecule has 0 N–H and O–H groups in total. The van der Waals surface area contributed by atoms with Crippen LogP contribution in [0.2, 0.25) is 0 Å². The van der Waals surface area contributed by atoms with E-state index < -0.39 is 0 Å². The van der Waals surface area contributed by atoms with E-state index in [1.807, 2.05) is 37.1 Å². The summed E-state index contributed by atoms with van der Waals surface area (Å²) >= 11 is 3.46. The Hall–Kier alpha value is -0.830. The molecule has 0 saturated heterocycles. The summed E-state index contributed by atoms with van der Waals surface area (Å²) < 4.78 is 0.873. The monoisotopic (exact) mass is 297 g/mol. The molecule has 0 aliphatic rings. The number of halogens is 1. The van der Waals surface area contributed by atoms with Crippen LogP contribution >= 0.6 is 15.9 Å². The maximum Gasteiger partial charge on any atom is 0.254 e. The molecule has 3 heteroatoms. The maximum absolute atomic E-state index is 12.3. The summed E-state index contributed by atoms with van der Waals surface area (Å²) in [5.74, 6) is 0.0813. The fourth-order valence-electron chi connectivity index (χ4n) is 1.80. The second kappa shape index (κ2) is 6.20. The highest BCUT2D eigenvalue weighted by atomic mass is 79.9. The van der Waals surface area contributed by atoms with Crippen LogP contribution in [0.15, 0.2) is 22.7 Å². The highest BCUT2D eigenvalue weighted by Crippen LogP contribution is 2.21. The second-order valence-corrected chi connectivity index (χ2v) is 5.39. The SMILES string of the molecule is CCCC(C)N(C)C(=O)c1ccc(C)cc1Br. The third-order valence-corrected chi connectivity index (χ3v) is 3.70. The van der Waals surface area contributed by atoms with Crippen molar-refractivity contribution in [3.8, 4) is 0 Å². The van der Waals surface area contributed by atoms with Crippen molar-refractivity contribution in [1.82, 2.24) is 4.90 Å². The Morgan fingerprint density at radius 3 is 2.65 bits per heavy atom. The molecule has 1 atom stereocenters. The van der Waals surface area contributed by atoms with Crippen molar-refractivity contribution in [2.45, 2.75) is 39.7 Å². The molecule has 1 rings (SSSR count). The Morgan fingerprint density at radius 1 is 1.47 bits per heavy atom. The molecule has 0 fully saturated rings. The van der Waals surface area contributed by atoms with Gasteiger partial charge in [0.25, 0.3) is 5.91 Å². The Labute approximate surface area is 112 Å². The average Bonchev–Trinajstić information content (AvgIpc) is 2.27. The number of carbonyl (C=O) groups excluding carboxylic acids is 1. The number of aryl methyl sites for hydroxylation is 1. The summed E-state index contributed by atoms with van der Waals surface area (Å²) in [5.41, 5.74) is 1.89. The van der Waals surface area contributed by atoms with Crippen LogP contribution in [0, 0.1) is 6.92 Å². The van der Waals surface area contributed by atoms with E-state index in [0.717, 1.165) is 28.4 Å². The smallest absolute Gasteiger partial charge is 0.254 e. The van der Waals surface area contributed by atoms with Crippen molar-refractivity contribution in [1.29, 1.82) is 0 Å². The molecule has 1 unspecified atom stereocenters. The number of hydrogen-bond acceptors (Lipinski definition) is 1. The van der Waals surface area contributed by atoms with Crippen LogP contribution in [-0.2, 0) is 0 Å². The third-order valence-electron chi connectivity index (χ3n) is 3.04. The molecule has 1 aromatic carbocycles. The van der Waals surface area contributed by atoms with Crippen molar-refractivity contribution < 1.29 is 4.79 Å². The van der Waals surface area contributed by atoms with E-state index in [4.69, 9.17) is 0 Å². The van der Waals surface area contributed by atoms with Gasteiger partial charge < -0.3 is 4.90 Å². The van der Waals surface area contributed by atoms with Gasteiger partial charge in [0.05, 0.1) is 5.56 Å². The fourth-order valence-corrected chi connectivity index (χ4v) is 2.46. The van der Waals surface area contributed by atoms with Gasteiger partial charge in [0, 0.05) is 17.6 Å². The largest absolute Gasteiger partial charge is 0.339 e. The summed E-state index contributed by atoms with van der Waals surface area (Å²) in [6.45, 7) is 6.24. The van der Waals surface area contributed by atoms with Gasteiger partial charge in [0.15, 0.2) is 0 Å². The van der Waals surface area contributed by atoms with Gasteiger partial charge in [0.1, 0.15) is 0 Å². The molecule has 1 aromatic rings. The van der Waals surface area contributed by atoms with Gasteiger partial charge >= 0.3 is 0 Å². The van der Waals surface area contributed by atoms with E-state index >= 15 is 0 Å². The first-order valence-electron chi connectivity index (χ1n) is 6.00. The highest BCUT2D eigenvalue weighted by molar-refractivity contribution is 9.10. The first-order chi connectivity index (χ1) is 7.97. The Kier molecular flexibility index (Phi) is 5.19. The van der Waals surface area contributed by atoms with Gasteiger partial charge in [-0.2, -0.15) is 0 Å². The number of rotatable bonds is 4. The number of carbonyl (C=O) groups is 1. The van der Waals surface area contributed by atoms with Gasteiger partial charge in [-0.05, 0) is 53.9 Å². The first kappa shape index (κ1) is 14.2. The zero-order chi connectivity index (χ0) is 13.0. The molecule has 17 heavy (non-hydrogen) atoms. The van der Waals surface area contributed by atoms with E-state index in [9.17, 15) is 4.79 Å². The van der Waals surface area contributed by atoms with E-state index in [1.165, 1.54) is 0 Å². The fraction of sp³-hybridized carbons (Fsp3) is 0.500. The number of benzene rings is 1. The molecular formula is C14H20BrNO. The van der Waals surface area contributed by atoms with Crippen molar-refractivity contribution in [2.24, 2.45) is 0 Å². The average molecular weight is 298 g/mol. The lowest BCUT2D eigenvalue weighted by Gasteiger charge is -2.25. The molecular weight excluding hydrogens is 278 g/mol. The first-order valence-corrected chi connectivity index (χ1v) is 6.80. The summed E-state index contributed by atoms with van der Waals surface area (Å²) in [4.78, 5) is 14.1. The highest BCUT2D eigenvalue weighted by Gasteiger charge is 2.18. The molecule has 94 valence electrons. The molecule has 0 aliphatic heterocycles. The quantitative estimate of drug-likeness (QED) is 0.822. The summed E-state index contributed by atoms with van der Waals surface area (Å²) in [5, 5.41) is 0. The number of amides is 1. The van der Waals surface area contributed by atoms with Crippen LogP contribution in [0.25, 0.3) is 0 Å². The standard InChI is InChI=1S/C14H20BrNO/c1-5-6-11(3)16(4)14(17)12-8-7-10(2)9-13(12)15/h7-9,11H,5-6H2,1-4H3. The van der Waals surface area contributed by atoms with Gasteiger partial charge in [-0.25, -0.2) is 0 Å². The Bertz CT molecular complexity index is 403. The minimum absolute atomic E-state index is 0.0813. The van der Waals surface area contributed by atoms with Crippen LogP contribution in [0.1, 0.15) is 42.6 Å². The minimum atomic E-state index is 0.0813. The van der Waals surface area contributed by atoms with Gasteiger partial charge in [-0.3, -0.25) is 4.79 Å². The minimum Gasteiger partial charge on any atom is -0.339 e. The predicted octanol–water partition coefficient (Wildman–Crippen LogP) is 4.02. The van der Waals surface area contributed by atoms with Crippen LogP contribution in [0.4, 0.5) is 0 Å². The van der Waals surface area contributed by atoms with E-state index in [2.05, 4.69) is 29.8 Å². The molecule has 0 spiro atoms. The van der Waals surface area contributed by atoms with Crippen LogP contribution in [0.5, 0.6) is 0 Å².